The maximum atomic E-state index is 11.8. The van der Waals surface area contributed by atoms with Gasteiger partial charge in [-0.05, 0) is 35.9 Å². The quantitative estimate of drug-likeness (QED) is 0.810. The first-order valence-electron chi connectivity index (χ1n) is 6.54. The number of rotatable bonds is 2. The van der Waals surface area contributed by atoms with Crippen molar-refractivity contribution in [2.45, 2.75) is 12.5 Å². The third-order valence-electron chi connectivity index (χ3n) is 3.46. The minimum absolute atomic E-state index is 0.0647. The number of anilines is 1. The smallest absolute Gasteiger partial charge is 0.159 e. The van der Waals surface area contributed by atoms with Gasteiger partial charge >= 0.3 is 0 Å². The highest BCUT2D eigenvalue weighted by atomic mass is 79.9. The maximum absolute atomic E-state index is 11.8. The van der Waals surface area contributed by atoms with E-state index in [1.165, 1.54) is 0 Å². The Bertz CT molecular complexity index is 634. The summed E-state index contributed by atoms with van der Waals surface area (Å²) < 4.78 is 1.05. The monoisotopic (exact) mass is 327 g/mol. The normalized spacial score (nSPS) is 18.4. The van der Waals surface area contributed by atoms with Crippen molar-refractivity contribution in [2.75, 3.05) is 4.90 Å². The number of nitrogens with zero attached hydrogens (tertiary/aromatic N) is 1. The molecule has 20 heavy (non-hydrogen) atoms. The molecule has 3 heteroatoms. The van der Waals surface area contributed by atoms with E-state index in [0.717, 1.165) is 15.7 Å². The molecule has 0 bridgehead atoms. The summed E-state index contributed by atoms with van der Waals surface area (Å²) in [7, 11) is 0. The Morgan fingerprint density at radius 1 is 1.00 bits per heavy atom. The standard InChI is InChI=1S/C17H14BrNO/c18-14-6-8-15(9-7-14)19-11-10-16(20)12-17(19)13-4-2-1-3-5-13/h1-11,17H,12H2. The van der Waals surface area contributed by atoms with Crippen molar-refractivity contribution in [1.82, 2.24) is 0 Å². The minimum Gasteiger partial charge on any atom is -0.340 e. The van der Waals surface area contributed by atoms with E-state index in [1.54, 1.807) is 6.08 Å². The molecule has 1 unspecified atom stereocenters. The molecule has 0 spiro atoms. The Morgan fingerprint density at radius 3 is 2.40 bits per heavy atom. The molecule has 0 fully saturated rings. The molecule has 1 atom stereocenters. The van der Waals surface area contributed by atoms with E-state index in [9.17, 15) is 4.79 Å². The summed E-state index contributed by atoms with van der Waals surface area (Å²) >= 11 is 3.45. The Morgan fingerprint density at radius 2 is 1.70 bits per heavy atom. The summed E-state index contributed by atoms with van der Waals surface area (Å²) in [5.74, 6) is 0.173. The topological polar surface area (TPSA) is 20.3 Å². The highest BCUT2D eigenvalue weighted by molar-refractivity contribution is 9.10. The van der Waals surface area contributed by atoms with E-state index >= 15 is 0 Å². The second kappa shape index (κ2) is 5.63. The number of allylic oxidation sites excluding steroid dienone is 1. The number of ketones is 1. The van der Waals surface area contributed by atoms with Crippen LogP contribution in [0.1, 0.15) is 18.0 Å². The molecular formula is C17H14BrNO. The zero-order valence-electron chi connectivity index (χ0n) is 10.9. The SMILES string of the molecule is O=C1C=CN(c2ccc(Br)cc2)C(c2ccccc2)C1. The van der Waals surface area contributed by atoms with E-state index in [4.69, 9.17) is 0 Å². The molecule has 1 aliphatic heterocycles. The number of carbonyl (C=O) groups is 1. The average Bonchev–Trinajstić information content (AvgIpc) is 2.49. The maximum Gasteiger partial charge on any atom is 0.159 e. The lowest BCUT2D eigenvalue weighted by Gasteiger charge is -2.33. The van der Waals surface area contributed by atoms with Crippen LogP contribution in [0.15, 0.2) is 71.3 Å². The molecule has 1 heterocycles. The van der Waals surface area contributed by atoms with Crippen LogP contribution >= 0.6 is 15.9 Å². The lowest BCUT2D eigenvalue weighted by atomic mass is 9.97. The Hall–Kier alpha value is -1.87. The fourth-order valence-electron chi connectivity index (χ4n) is 2.46. The van der Waals surface area contributed by atoms with Gasteiger partial charge in [-0.1, -0.05) is 46.3 Å². The van der Waals surface area contributed by atoms with Crippen molar-refractivity contribution < 1.29 is 4.79 Å². The number of hydrogen-bond donors (Lipinski definition) is 0. The zero-order chi connectivity index (χ0) is 13.9. The number of carbonyl (C=O) groups excluding carboxylic acids is 1. The first-order valence-corrected chi connectivity index (χ1v) is 7.33. The summed E-state index contributed by atoms with van der Waals surface area (Å²) in [6.45, 7) is 0. The number of halogens is 1. The lowest BCUT2D eigenvalue weighted by molar-refractivity contribution is -0.115. The molecule has 100 valence electrons. The molecule has 0 aliphatic carbocycles. The van der Waals surface area contributed by atoms with Gasteiger partial charge in [-0.25, -0.2) is 0 Å². The summed E-state index contributed by atoms with van der Waals surface area (Å²) in [5.41, 5.74) is 2.25. The Labute approximate surface area is 126 Å². The van der Waals surface area contributed by atoms with E-state index in [2.05, 4.69) is 45.1 Å². The van der Waals surface area contributed by atoms with Crippen molar-refractivity contribution in [3.05, 3.63) is 76.9 Å². The van der Waals surface area contributed by atoms with Gasteiger partial charge in [0.1, 0.15) is 0 Å². The van der Waals surface area contributed by atoms with Crippen molar-refractivity contribution in [1.29, 1.82) is 0 Å². The van der Waals surface area contributed by atoms with Crippen LogP contribution in [0.3, 0.4) is 0 Å². The van der Waals surface area contributed by atoms with Gasteiger partial charge in [0.25, 0.3) is 0 Å². The summed E-state index contributed by atoms with van der Waals surface area (Å²) in [6, 6.07) is 18.4. The molecule has 0 aromatic heterocycles. The molecule has 2 aromatic rings. The van der Waals surface area contributed by atoms with Crippen LogP contribution in [0.4, 0.5) is 5.69 Å². The van der Waals surface area contributed by atoms with E-state index < -0.39 is 0 Å². The molecule has 2 nitrogen and oxygen atoms in total. The van der Waals surface area contributed by atoms with Gasteiger partial charge in [0.05, 0.1) is 6.04 Å². The molecular weight excluding hydrogens is 314 g/mol. The van der Waals surface area contributed by atoms with Crippen molar-refractivity contribution in [2.24, 2.45) is 0 Å². The minimum atomic E-state index is 0.0647. The lowest BCUT2D eigenvalue weighted by Crippen LogP contribution is -2.28. The average molecular weight is 328 g/mol. The number of hydrogen-bond acceptors (Lipinski definition) is 2. The molecule has 0 saturated carbocycles. The van der Waals surface area contributed by atoms with Crippen LogP contribution in [0.2, 0.25) is 0 Å². The van der Waals surface area contributed by atoms with Crippen molar-refractivity contribution in [3.63, 3.8) is 0 Å². The zero-order valence-corrected chi connectivity index (χ0v) is 12.5. The summed E-state index contributed by atoms with van der Waals surface area (Å²) in [6.07, 6.45) is 4.05. The van der Waals surface area contributed by atoms with Crippen LogP contribution < -0.4 is 4.90 Å². The largest absolute Gasteiger partial charge is 0.340 e. The van der Waals surface area contributed by atoms with Gasteiger partial charge in [-0.2, -0.15) is 0 Å². The first-order chi connectivity index (χ1) is 9.74. The summed E-state index contributed by atoms with van der Waals surface area (Å²) in [4.78, 5) is 13.9. The van der Waals surface area contributed by atoms with E-state index in [0.29, 0.717) is 6.42 Å². The van der Waals surface area contributed by atoms with Crippen molar-refractivity contribution >= 4 is 27.4 Å². The summed E-state index contributed by atoms with van der Waals surface area (Å²) in [5, 5.41) is 0. The van der Waals surface area contributed by atoms with Gasteiger partial charge in [-0.3, -0.25) is 4.79 Å². The van der Waals surface area contributed by atoms with Crippen LogP contribution in [-0.4, -0.2) is 5.78 Å². The highest BCUT2D eigenvalue weighted by Crippen LogP contribution is 2.33. The second-order valence-corrected chi connectivity index (χ2v) is 5.71. The van der Waals surface area contributed by atoms with Crippen molar-refractivity contribution in [3.8, 4) is 0 Å². The molecule has 3 rings (SSSR count). The predicted molar refractivity (Wildman–Crippen MR) is 84.6 cm³/mol. The molecule has 0 radical (unpaired) electrons. The fourth-order valence-corrected chi connectivity index (χ4v) is 2.72. The van der Waals surface area contributed by atoms with E-state index in [-0.39, 0.29) is 11.8 Å². The van der Waals surface area contributed by atoms with Crippen LogP contribution in [0.5, 0.6) is 0 Å². The molecule has 0 saturated heterocycles. The molecule has 2 aromatic carbocycles. The first kappa shape index (κ1) is 13.1. The molecule has 0 N–H and O–H groups in total. The second-order valence-electron chi connectivity index (χ2n) is 4.80. The fraction of sp³-hybridized carbons (Fsp3) is 0.118. The van der Waals surface area contributed by atoms with Gasteiger partial charge in [-0.15, -0.1) is 0 Å². The van der Waals surface area contributed by atoms with Gasteiger partial charge < -0.3 is 4.90 Å². The van der Waals surface area contributed by atoms with Crippen LogP contribution in [0.25, 0.3) is 0 Å². The van der Waals surface area contributed by atoms with Gasteiger partial charge in [0.2, 0.25) is 0 Å². The Kier molecular flexibility index (Phi) is 3.70. The third kappa shape index (κ3) is 2.68. The Balaban J connectivity index is 2.00. The highest BCUT2D eigenvalue weighted by Gasteiger charge is 2.24. The van der Waals surface area contributed by atoms with E-state index in [1.807, 2.05) is 36.5 Å². The molecule has 0 amide bonds. The number of benzene rings is 2. The van der Waals surface area contributed by atoms with Crippen LogP contribution in [-0.2, 0) is 4.79 Å². The molecule has 1 aliphatic rings. The van der Waals surface area contributed by atoms with Gasteiger partial charge in [0.15, 0.2) is 5.78 Å². The van der Waals surface area contributed by atoms with Gasteiger partial charge in [0, 0.05) is 22.8 Å². The third-order valence-corrected chi connectivity index (χ3v) is 3.99. The van der Waals surface area contributed by atoms with Crippen LogP contribution in [0, 0.1) is 0 Å². The predicted octanol–water partition coefficient (Wildman–Crippen LogP) is 4.48.